The molecule has 1 aliphatic rings. The third kappa shape index (κ3) is 2.71. The topological polar surface area (TPSA) is 94.8 Å². The minimum absolute atomic E-state index is 0.168. The van der Waals surface area contributed by atoms with E-state index in [1.54, 1.807) is 29.3 Å². The molecule has 3 aromatic rings. The van der Waals surface area contributed by atoms with E-state index in [0.29, 0.717) is 18.2 Å². The molecule has 0 aliphatic carbocycles. The van der Waals surface area contributed by atoms with Crippen LogP contribution in [0.3, 0.4) is 0 Å². The molecular formula is C16H16N6O2. The van der Waals surface area contributed by atoms with Crippen LogP contribution in [0.15, 0.2) is 30.7 Å². The van der Waals surface area contributed by atoms with Crippen molar-refractivity contribution < 1.29 is 9.53 Å². The lowest BCUT2D eigenvalue weighted by molar-refractivity contribution is -0.114. The fourth-order valence-electron chi connectivity index (χ4n) is 2.77. The standard InChI is InChI=1S/C16H16N6O2/c1-10(23)20-14-6-13-12(7-18-14)8-19-22(13)15-2-4-17-16(21-15)11-3-5-24-9-11/h2,4,6-8,11H,3,5,9H2,1H3,(H,18,20,23). The molecule has 8 nitrogen and oxygen atoms in total. The first-order valence-electron chi connectivity index (χ1n) is 7.73. The van der Waals surface area contributed by atoms with E-state index < -0.39 is 0 Å². The zero-order chi connectivity index (χ0) is 16.5. The Morgan fingerprint density at radius 2 is 2.29 bits per heavy atom. The van der Waals surface area contributed by atoms with Gasteiger partial charge in [0.25, 0.3) is 0 Å². The summed E-state index contributed by atoms with van der Waals surface area (Å²) in [6, 6.07) is 3.59. The number of rotatable bonds is 3. The first kappa shape index (κ1) is 14.7. The summed E-state index contributed by atoms with van der Waals surface area (Å²) in [4.78, 5) is 24.4. The molecule has 1 N–H and O–H groups in total. The van der Waals surface area contributed by atoms with Crippen LogP contribution in [0, 0.1) is 0 Å². The van der Waals surface area contributed by atoms with Crippen molar-refractivity contribution in [2.75, 3.05) is 18.5 Å². The van der Waals surface area contributed by atoms with Crippen LogP contribution in [-0.2, 0) is 9.53 Å². The van der Waals surface area contributed by atoms with Crippen molar-refractivity contribution in [3.8, 4) is 5.82 Å². The predicted molar refractivity (Wildman–Crippen MR) is 86.9 cm³/mol. The number of nitrogens with one attached hydrogen (secondary N) is 1. The number of anilines is 1. The maximum Gasteiger partial charge on any atom is 0.222 e. The first-order valence-corrected chi connectivity index (χ1v) is 7.73. The van der Waals surface area contributed by atoms with Crippen molar-refractivity contribution in [1.29, 1.82) is 0 Å². The summed E-state index contributed by atoms with van der Waals surface area (Å²) < 4.78 is 7.14. The lowest BCUT2D eigenvalue weighted by atomic mass is 10.1. The molecular weight excluding hydrogens is 308 g/mol. The molecule has 0 radical (unpaired) electrons. The SMILES string of the molecule is CC(=O)Nc1cc2c(cn1)cnn2-c1ccnc(C2CCOC2)n1. The molecule has 4 rings (SSSR count). The lowest BCUT2D eigenvalue weighted by Gasteiger charge is -2.09. The van der Waals surface area contributed by atoms with Gasteiger partial charge in [0.2, 0.25) is 5.91 Å². The number of carbonyl (C=O) groups excluding carboxylic acids is 1. The monoisotopic (exact) mass is 324 g/mol. The van der Waals surface area contributed by atoms with Crippen molar-refractivity contribution in [2.24, 2.45) is 0 Å². The van der Waals surface area contributed by atoms with Crippen LogP contribution in [0.4, 0.5) is 5.82 Å². The highest BCUT2D eigenvalue weighted by Crippen LogP contribution is 2.24. The summed E-state index contributed by atoms with van der Waals surface area (Å²) in [6.07, 6.45) is 6.07. The Hall–Kier alpha value is -2.87. The van der Waals surface area contributed by atoms with Gasteiger partial charge in [0.15, 0.2) is 5.82 Å². The second kappa shape index (κ2) is 5.97. The predicted octanol–water partition coefficient (Wildman–Crippen LogP) is 1.67. The molecule has 0 spiro atoms. The Kier molecular flexibility index (Phi) is 3.66. The maximum absolute atomic E-state index is 11.2. The molecule has 1 saturated heterocycles. The van der Waals surface area contributed by atoms with Crippen LogP contribution < -0.4 is 5.32 Å². The average Bonchev–Trinajstić information content (AvgIpc) is 3.24. The molecule has 1 atom stereocenters. The molecule has 8 heteroatoms. The number of hydrogen-bond acceptors (Lipinski definition) is 6. The molecule has 24 heavy (non-hydrogen) atoms. The number of carbonyl (C=O) groups is 1. The fraction of sp³-hybridized carbons (Fsp3) is 0.312. The van der Waals surface area contributed by atoms with Gasteiger partial charge in [0, 0.05) is 49.4 Å². The van der Waals surface area contributed by atoms with Crippen LogP contribution in [0.5, 0.6) is 0 Å². The van der Waals surface area contributed by atoms with Crippen LogP contribution >= 0.6 is 0 Å². The molecule has 1 amide bonds. The van der Waals surface area contributed by atoms with Crippen LogP contribution in [0.2, 0.25) is 0 Å². The molecule has 3 aromatic heterocycles. The van der Waals surface area contributed by atoms with Gasteiger partial charge in [-0.1, -0.05) is 0 Å². The van der Waals surface area contributed by atoms with E-state index in [2.05, 4.69) is 25.4 Å². The zero-order valence-electron chi connectivity index (χ0n) is 13.1. The van der Waals surface area contributed by atoms with E-state index in [9.17, 15) is 4.79 Å². The van der Waals surface area contributed by atoms with Crippen LogP contribution in [0.25, 0.3) is 16.7 Å². The molecule has 122 valence electrons. The van der Waals surface area contributed by atoms with Crippen LogP contribution in [-0.4, -0.2) is 43.9 Å². The number of aromatic nitrogens is 5. The van der Waals surface area contributed by atoms with Crippen molar-refractivity contribution in [3.63, 3.8) is 0 Å². The highest BCUT2D eigenvalue weighted by atomic mass is 16.5. The normalized spacial score (nSPS) is 17.3. The van der Waals surface area contributed by atoms with E-state index in [4.69, 9.17) is 4.74 Å². The summed E-state index contributed by atoms with van der Waals surface area (Å²) in [6.45, 7) is 2.85. The van der Waals surface area contributed by atoms with Gasteiger partial charge in [-0.25, -0.2) is 19.6 Å². The second-order valence-electron chi connectivity index (χ2n) is 5.70. The Balaban J connectivity index is 1.75. The Bertz CT molecular complexity index is 900. The van der Waals surface area contributed by atoms with Gasteiger partial charge in [-0.3, -0.25) is 4.79 Å². The molecule has 1 unspecified atom stereocenters. The number of fused-ring (bicyclic) bond motifs is 1. The minimum Gasteiger partial charge on any atom is -0.381 e. The number of hydrogen-bond donors (Lipinski definition) is 1. The number of ether oxygens (including phenoxy) is 1. The van der Waals surface area contributed by atoms with E-state index >= 15 is 0 Å². The van der Waals surface area contributed by atoms with E-state index in [-0.39, 0.29) is 11.8 Å². The van der Waals surface area contributed by atoms with Gasteiger partial charge in [0.05, 0.1) is 18.3 Å². The maximum atomic E-state index is 11.2. The third-order valence-electron chi connectivity index (χ3n) is 3.93. The minimum atomic E-state index is -0.168. The lowest BCUT2D eigenvalue weighted by Crippen LogP contribution is -2.09. The number of nitrogens with zero attached hydrogens (tertiary/aromatic N) is 5. The van der Waals surface area contributed by atoms with Crippen molar-refractivity contribution in [3.05, 3.63) is 36.5 Å². The van der Waals surface area contributed by atoms with Gasteiger partial charge in [0.1, 0.15) is 11.6 Å². The summed E-state index contributed by atoms with van der Waals surface area (Å²) in [7, 11) is 0. The van der Waals surface area contributed by atoms with Crippen LogP contribution in [0.1, 0.15) is 25.1 Å². The quantitative estimate of drug-likeness (QED) is 0.787. The zero-order valence-corrected chi connectivity index (χ0v) is 13.1. The van der Waals surface area contributed by atoms with E-state index in [1.807, 2.05) is 6.07 Å². The number of amides is 1. The summed E-state index contributed by atoms with van der Waals surface area (Å²) in [5.74, 6) is 1.99. The summed E-state index contributed by atoms with van der Waals surface area (Å²) in [5.41, 5.74) is 0.820. The Morgan fingerprint density at radius 1 is 1.38 bits per heavy atom. The average molecular weight is 324 g/mol. The Morgan fingerprint density at radius 3 is 3.08 bits per heavy atom. The molecule has 0 saturated carbocycles. The molecule has 4 heterocycles. The largest absolute Gasteiger partial charge is 0.381 e. The smallest absolute Gasteiger partial charge is 0.222 e. The highest BCUT2D eigenvalue weighted by Gasteiger charge is 2.21. The molecule has 1 aliphatic heterocycles. The van der Waals surface area contributed by atoms with Gasteiger partial charge < -0.3 is 10.1 Å². The first-order chi connectivity index (χ1) is 11.7. The molecule has 1 fully saturated rings. The Labute approximate surface area is 137 Å². The highest BCUT2D eigenvalue weighted by molar-refractivity contribution is 5.90. The van der Waals surface area contributed by atoms with Gasteiger partial charge in [-0.05, 0) is 6.42 Å². The fourth-order valence-corrected chi connectivity index (χ4v) is 2.77. The van der Waals surface area contributed by atoms with E-state index in [1.165, 1.54) is 6.92 Å². The van der Waals surface area contributed by atoms with Crippen molar-refractivity contribution in [2.45, 2.75) is 19.3 Å². The van der Waals surface area contributed by atoms with Gasteiger partial charge in [-0.15, -0.1) is 0 Å². The van der Waals surface area contributed by atoms with Crippen molar-refractivity contribution >= 4 is 22.6 Å². The summed E-state index contributed by atoms with van der Waals surface area (Å²) in [5, 5.41) is 7.95. The third-order valence-corrected chi connectivity index (χ3v) is 3.93. The van der Waals surface area contributed by atoms with Crippen molar-refractivity contribution in [1.82, 2.24) is 24.7 Å². The second-order valence-corrected chi connectivity index (χ2v) is 5.70. The number of pyridine rings is 1. The summed E-state index contributed by atoms with van der Waals surface area (Å²) >= 11 is 0. The van der Waals surface area contributed by atoms with Gasteiger partial charge >= 0.3 is 0 Å². The van der Waals surface area contributed by atoms with Gasteiger partial charge in [-0.2, -0.15) is 5.10 Å². The van der Waals surface area contributed by atoms with E-state index in [0.717, 1.165) is 29.8 Å². The molecule has 0 bridgehead atoms. The molecule has 0 aromatic carbocycles.